The Bertz CT molecular complexity index is 1040. The van der Waals surface area contributed by atoms with Crippen LogP contribution in [0.4, 0.5) is 16.3 Å². The van der Waals surface area contributed by atoms with Crippen molar-refractivity contribution in [1.82, 2.24) is 14.8 Å². The molecule has 0 saturated carbocycles. The maximum Gasteiger partial charge on any atom is 0.331 e. The second-order valence-electron chi connectivity index (χ2n) is 8.45. The Morgan fingerprint density at radius 3 is 2.31 bits per heavy atom. The molecule has 1 unspecified atom stereocenters. The third-order valence-electron chi connectivity index (χ3n) is 6.25. The minimum atomic E-state index is -0.499. The lowest BCUT2D eigenvalue weighted by Gasteiger charge is -2.36. The van der Waals surface area contributed by atoms with E-state index >= 15 is 0 Å². The van der Waals surface area contributed by atoms with Crippen LogP contribution in [0.3, 0.4) is 0 Å². The van der Waals surface area contributed by atoms with Crippen molar-refractivity contribution in [3.63, 3.8) is 0 Å². The Balaban J connectivity index is 1.42. The van der Waals surface area contributed by atoms with Gasteiger partial charge in [-0.2, -0.15) is 0 Å². The van der Waals surface area contributed by atoms with Crippen LogP contribution in [0.2, 0.25) is 0 Å². The van der Waals surface area contributed by atoms with Crippen LogP contribution in [0.1, 0.15) is 34.8 Å². The van der Waals surface area contributed by atoms with Crippen LogP contribution >= 0.6 is 0 Å². The molecule has 4 amide bonds. The summed E-state index contributed by atoms with van der Waals surface area (Å²) in [6.45, 7) is 8.69. The monoisotopic (exact) mass is 435 g/mol. The van der Waals surface area contributed by atoms with Crippen molar-refractivity contribution in [2.45, 2.75) is 33.2 Å². The molecular weight excluding hydrogens is 406 g/mol. The number of carbonyl (C=O) groups is 3. The Labute approximate surface area is 188 Å². The van der Waals surface area contributed by atoms with Crippen molar-refractivity contribution >= 4 is 29.4 Å². The number of imide groups is 1. The van der Waals surface area contributed by atoms with Crippen molar-refractivity contribution in [3.8, 4) is 0 Å². The molecule has 1 atom stereocenters. The van der Waals surface area contributed by atoms with E-state index in [0.717, 1.165) is 34.9 Å². The van der Waals surface area contributed by atoms with Gasteiger partial charge in [-0.15, -0.1) is 0 Å². The first kappa shape index (κ1) is 21.8. The molecule has 32 heavy (non-hydrogen) atoms. The number of benzene rings is 1. The van der Waals surface area contributed by atoms with Gasteiger partial charge < -0.3 is 9.80 Å². The summed E-state index contributed by atoms with van der Waals surface area (Å²) in [5.74, 6) is 0.749. The van der Waals surface area contributed by atoms with Gasteiger partial charge in [0.25, 0.3) is 11.8 Å². The number of carbonyl (C=O) groups excluding carboxylic acids is 3. The lowest BCUT2D eigenvalue weighted by atomic mass is 10.1. The topological polar surface area (TPSA) is 77.1 Å². The van der Waals surface area contributed by atoms with E-state index in [1.807, 2.05) is 24.9 Å². The van der Waals surface area contributed by atoms with Gasteiger partial charge in [0.1, 0.15) is 11.9 Å². The fourth-order valence-electron chi connectivity index (χ4n) is 4.48. The van der Waals surface area contributed by atoms with E-state index in [9.17, 15) is 14.4 Å². The van der Waals surface area contributed by atoms with E-state index in [2.05, 4.69) is 22.9 Å². The number of rotatable bonds is 4. The molecule has 0 aliphatic carbocycles. The van der Waals surface area contributed by atoms with Gasteiger partial charge in [-0.25, -0.2) is 9.78 Å². The van der Waals surface area contributed by atoms with Crippen LogP contribution in [-0.4, -0.2) is 71.9 Å². The first-order valence-electron chi connectivity index (χ1n) is 11.0. The normalized spacial score (nSPS) is 19.2. The summed E-state index contributed by atoms with van der Waals surface area (Å²) >= 11 is 0. The predicted octanol–water partition coefficient (Wildman–Crippen LogP) is 2.84. The van der Waals surface area contributed by atoms with Crippen molar-refractivity contribution < 1.29 is 14.4 Å². The van der Waals surface area contributed by atoms with E-state index in [4.69, 9.17) is 0 Å². The minimum absolute atomic E-state index is 0.0298. The quantitative estimate of drug-likeness (QED) is 0.691. The zero-order valence-electron chi connectivity index (χ0n) is 19.0. The maximum atomic E-state index is 13.0. The van der Waals surface area contributed by atoms with Gasteiger partial charge in [0.15, 0.2) is 0 Å². The van der Waals surface area contributed by atoms with Crippen LogP contribution in [-0.2, 0) is 4.79 Å². The second kappa shape index (κ2) is 8.61. The van der Waals surface area contributed by atoms with Crippen molar-refractivity contribution in [1.29, 1.82) is 0 Å². The highest BCUT2D eigenvalue weighted by molar-refractivity contribution is 6.14. The number of piperazine rings is 1. The van der Waals surface area contributed by atoms with Gasteiger partial charge in [-0.3, -0.25) is 19.4 Å². The molecule has 0 N–H and O–H groups in total. The molecule has 0 radical (unpaired) electrons. The minimum Gasteiger partial charge on any atom is -0.353 e. The summed E-state index contributed by atoms with van der Waals surface area (Å²) in [6.07, 6.45) is 2.41. The largest absolute Gasteiger partial charge is 0.353 e. The molecule has 2 saturated heterocycles. The van der Waals surface area contributed by atoms with Crippen LogP contribution in [0.15, 0.2) is 36.5 Å². The molecule has 0 bridgehead atoms. The number of aromatic nitrogens is 1. The molecule has 2 fully saturated rings. The van der Waals surface area contributed by atoms with Crippen molar-refractivity contribution in [2.24, 2.45) is 0 Å². The number of nitrogens with zero attached hydrogens (tertiary/aromatic N) is 5. The number of anilines is 2. The molecule has 1 aromatic heterocycles. The van der Waals surface area contributed by atoms with E-state index < -0.39 is 6.04 Å². The maximum absolute atomic E-state index is 13.0. The van der Waals surface area contributed by atoms with Crippen LogP contribution in [0, 0.1) is 13.8 Å². The summed E-state index contributed by atoms with van der Waals surface area (Å²) in [4.78, 5) is 49.1. The zero-order valence-corrected chi connectivity index (χ0v) is 19.0. The van der Waals surface area contributed by atoms with Crippen LogP contribution in [0.5, 0.6) is 0 Å². The Hall–Kier alpha value is -3.42. The molecule has 8 nitrogen and oxygen atoms in total. The molecule has 1 aromatic carbocycles. The third-order valence-corrected chi connectivity index (χ3v) is 6.25. The first-order valence-corrected chi connectivity index (χ1v) is 11.0. The highest BCUT2D eigenvalue weighted by Crippen LogP contribution is 2.27. The standard InChI is InChI=1S/C24H29N5O3/c1-5-20-23(31)26(4)24(32)29(20)19-8-6-18(7-9-19)22(30)28-12-10-27(11-13-28)21-17(3)14-16(2)15-25-21/h6-9,14-15,20H,5,10-13H2,1-4H3. The van der Waals surface area contributed by atoms with Gasteiger partial charge in [0.05, 0.1) is 0 Å². The molecular formula is C24H29N5O3. The van der Waals surface area contributed by atoms with Crippen molar-refractivity contribution in [3.05, 3.63) is 53.2 Å². The summed E-state index contributed by atoms with van der Waals surface area (Å²) in [7, 11) is 1.50. The molecule has 2 aliphatic heterocycles. The molecule has 168 valence electrons. The second-order valence-corrected chi connectivity index (χ2v) is 8.45. The first-order chi connectivity index (χ1) is 15.3. The Morgan fingerprint density at radius 1 is 1.06 bits per heavy atom. The molecule has 4 rings (SSSR count). The van der Waals surface area contributed by atoms with Crippen LogP contribution < -0.4 is 9.80 Å². The third kappa shape index (κ3) is 3.81. The zero-order chi connectivity index (χ0) is 23.0. The Morgan fingerprint density at radius 2 is 1.72 bits per heavy atom. The van der Waals surface area contributed by atoms with Crippen molar-refractivity contribution in [2.75, 3.05) is 43.0 Å². The Kier molecular flexibility index (Phi) is 5.86. The fourth-order valence-corrected chi connectivity index (χ4v) is 4.48. The average Bonchev–Trinajstić information content (AvgIpc) is 3.02. The predicted molar refractivity (Wildman–Crippen MR) is 123 cm³/mol. The van der Waals surface area contributed by atoms with Gasteiger partial charge in [0, 0.05) is 50.7 Å². The number of urea groups is 1. The van der Waals surface area contributed by atoms with E-state index in [-0.39, 0.29) is 17.8 Å². The smallest absolute Gasteiger partial charge is 0.331 e. The summed E-state index contributed by atoms with van der Waals surface area (Å²) in [5, 5.41) is 0. The van der Waals surface area contributed by atoms with Gasteiger partial charge in [0.2, 0.25) is 0 Å². The van der Waals surface area contributed by atoms with Gasteiger partial charge >= 0.3 is 6.03 Å². The van der Waals surface area contributed by atoms with E-state index in [1.165, 1.54) is 11.9 Å². The van der Waals surface area contributed by atoms with E-state index in [0.29, 0.717) is 30.8 Å². The molecule has 2 aliphatic rings. The molecule has 3 heterocycles. The van der Waals surface area contributed by atoms with Crippen LogP contribution in [0.25, 0.3) is 0 Å². The average molecular weight is 436 g/mol. The summed E-state index contributed by atoms with van der Waals surface area (Å²) in [5.41, 5.74) is 3.49. The fraction of sp³-hybridized carbons (Fsp3) is 0.417. The lowest BCUT2D eigenvalue weighted by Crippen LogP contribution is -2.49. The van der Waals surface area contributed by atoms with E-state index in [1.54, 1.807) is 24.3 Å². The highest BCUT2D eigenvalue weighted by atomic mass is 16.2. The number of aryl methyl sites for hydroxylation is 2. The molecule has 8 heteroatoms. The number of hydrogen-bond acceptors (Lipinski definition) is 5. The van der Waals surface area contributed by atoms with Gasteiger partial charge in [-0.1, -0.05) is 13.0 Å². The molecule has 2 aromatic rings. The summed E-state index contributed by atoms with van der Waals surface area (Å²) in [6, 6.07) is 8.25. The van der Waals surface area contributed by atoms with Gasteiger partial charge in [-0.05, 0) is 55.7 Å². The highest BCUT2D eigenvalue weighted by Gasteiger charge is 2.42. The number of hydrogen-bond donors (Lipinski definition) is 0. The number of amides is 4. The number of likely N-dealkylation sites (N-methyl/N-ethyl adjacent to an activating group) is 1. The lowest BCUT2D eigenvalue weighted by molar-refractivity contribution is -0.126. The SMILES string of the molecule is CCC1C(=O)N(C)C(=O)N1c1ccc(C(=O)N2CCN(c3ncc(C)cc3C)CC2)cc1. The molecule has 0 spiro atoms. The number of pyridine rings is 1. The summed E-state index contributed by atoms with van der Waals surface area (Å²) < 4.78 is 0.